The molecule has 3 rings (SSSR count). The van der Waals surface area contributed by atoms with Crippen LogP contribution in [0.1, 0.15) is 49.9 Å². The summed E-state index contributed by atoms with van der Waals surface area (Å²) in [5, 5.41) is 3.00. The maximum atomic E-state index is 12.6. The molecule has 0 unspecified atom stereocenters. The van der Waals surface area contributed by atoms with Gasteiger partial charge >= 0.3 is 0 Å². The largest absolute Gasteiger partial charge is 0.357 e. The Hall–Kier alpha value is -2.43. The summed E-state index contributed by atoms with van der Waals surface area (Å²) in [6, 6.07) is 11.9. The van der Waals surface area contributed by atoms with Crippen molar-refractivity contribution >= 4 is 11.7 Å². The highest BCUT2D eigenvalue weighted by molar-refractivity contribution is 5.83. The number of rotatable bonds is 6. The summed E-state index contributed by atoms with van der Waals surface area (Å²) in [6.07, 6.45) is 6.27. The molecule has 0 bridgehead atoms. The van der Waals surface area contributed by atoms with E-state index in [-0.39, 0.29) is 11.8 Å². The van der Waals surface area contributed by atoms with Crippen LogP contribution in [0.2, 0.25) is 0 Å². The van der Waals surface area contributed by atoms with Gasteiger partial charge in [-0.1, -0.05) is 37.3 Å². The van der Waals surface area contributed by atoms with Crippen molar-refractivity contribution in [3.8, 4) is 0 Å². The van der Waals surface area contributed by atoms with Gasteiger partial charge in [0.25, 0.3) is 0 Å². The zero-order valence-corrected chi connectivity index (χ0v) is 14.8. The minimum atomic E-state index is -0.133. The first kappa shape index (κ1) is 17.4. The third kappa shape index (κ3) is 4.56. The zero-order chi connectivity index (χ0) is 17.5. The average molecular weight is 338 g/mol. The molecular weight excluding hydrogens is 312 g/mol. The number of nitrogens with one attached hydrogen (secondary N) is 1. The summed E-state index contributed by atoms with van der Waals surface area (Å²) in [5.74, 6) is 1.53. The van der Waals surface area contributed by atoms with Gasteiger partial charge in [0.15, 0.2) is 0 Å². The van der Waals surface area contributed by atoms with Crippen molar-refractivity contribution in [1.82, 2.24) is 15.3 Å². The van der Waals surface area contributed by atoms with Crippen LogP contribution in [-0.4, -0.2) is 29.0 Å². The number of carbonyl (C=O) groups excluding carboxylic acids is 1. The van der Waals surface area contributed by atoms with E-state index in [0.29, 0.717) is 12.4 Å². The number of carbonyl (C=O) groups is 1. The van der Waals surface area contributed by atoms with Crippen LogP contribution in [0, 0.1) is 0 Å². The van der Waals surface area contributed by atoms with Crippen molar-refractivity contribution in [2.75, 3.05) is 18.0 Å². The normalized spacial score (nSPS) is 15.6. The van der Waals surface area contributed by atoms with Crippen molar-refractivity contribution in [3.63, 3.8) is 0 Å². The molecular formula is C20H26N4O. The third-order valence-electron chi connectivity index (χ3n) is 4.72. The summed E-state index contributed by atoms with van der Waals surface area (Å²) in [7, 11) is 0. The molecule has 1 aromatic carbocycles. The monoisotopic (exact) mass is 338 g/mol. The second-order valence-corrected chi connectivity index (χ2v) is 6.47. The Morgan fingerprint density at radius 1 is 1.16 bits per heavy atom. The van der Waals surface area contributed by atoms with Gasteiger partial charge in [0.1, 0.15) is 11.6 Å². The minimum Gasteiger partial charge on any atom is -0.357 e. The first-order valence-corrected chi connectivity index (χ1v) is 9.17. The number of benzene rings is 1. The van der Waals surface area contributed by atoms with E-state index >= 15 is 0 Å². The summed E-state index contributed by atoms with van der Waals surface area (Å²) >= 11 is 0. The maximum absolute atomic E-state index is 12.6. The quantitative estimate of drug-likeness (QED) is 0.878. The van der Waals surface area contributed by atoms with Crippen molar-refractivity contribution in [2.45, 2.75) is 45.1 Å². The van der Waals surface area contributed by atoms with Crippen molar-refractivity contribution < 1.29 is 4.79 Å². The van der Waals surface area contributed by atoms with E-state index in [0.717, 1.165) is 30.9 Å². The molecule has 5 nitrogen and oxygen atoms in total. The molecule has 2 heterocycles. The van der Waals surface area contributed by atoms with Crippen molar-refractivity contribution in [3.05, 3.63) is 54.0 Å². The number of amides is 1. The summed E-state index contributed by atoms with van der Waals surface area (Å²) in [6.45, 7) is 4.50. The lowest BCUT2D eigenvalue weighted by molar-refractivity contribution is -0.122. The molecule has 1 amide bonds. The lowest BCUT2D eigenvalue weighted by Gasteiger charge is -2.27. The van der Waals surface area contributed by atoms with E-state index in [4.69, 9.17) is 0 Å². The molecule has 25 heavy (non-hydrogen) atoms. The minimum absolute atomic E-state index is 0.0284. The van der Waals surface area contributed by atoms with Crippen LogP contribution in [-0.2, 0) is 11.3 Å². The van der Waals surface area contributed by atoms with Gasteiger partial charge in [-0.15, -0.1) is 0 Å². The summed E-state index contributed by atoms with van der Waals surface area (Å²) in [4.78, 5) is 23.8. The maximum Gasteiger partial charge on any atom is 0.227 e. The second-order valence-electron chi connectivity index (χ2n) is 6.47. The fourth-order valence-corrected chi connectivity index (χ4v) is 3.32. The van der Waals surface area contributed by atoms with Gasteiger partial charge in [0, 0.05) is 19.3 Å². The highest BCUT2D eigenvalue weighted by Gasteiger charge is 2.18. The number of aromatic nitrogens is 2. The Kier molecular flexibility index (Phi) is 5.99. The summed E-state index contributed by atoms with van der Waals surface area (Å²) in [5.41, 5.74) is 1.05. The van der Waals surface area contributed by atoms with Crippen molar-refractivity contribution in [2.24, 2.45) is 0 Å². The number of piperidine rings is 1. The van der Waals surface area contributed by atoms with Gasteiger partial charge in [-0.3, -0.25) is 4.79 Å². The van der Waals surface area contributed by atoms with E-state index in [1.165, 1.54) is 19.3 Å². The first-order valence-electron chi connectivity index (χ1n) is 9.17. The molecule has 0 radical (unpaired) electrons. The third-order valence-corrected chi connectivity index (χ3v) is 4.72. The molecule has 0 spiro atoms. The van der Waals surface area contributed by atoms with Gasteiger partial charge < -0.3 is 10.2 Å². The molecule has 1 atom stereocenters. The molecule has 1 aliphatic heterocycles. The zero-order valence-electron chi connectivity index (χ0n) is 14.8. The number of hydrogen-bond acceptors (Lipinski definition) is 4. The fourth-order valence-electron chi connectivity index (χ4n) is 3.32. The van der Waals surface area contributed by atoms with E-state index in [9.17, 15) is 4.79 Å². The van der Waals surface area contributed by atoms with Crippen LogP contribution in [0.5, 0.6) is 0 Å². The Labute approximate surface area is 149 Å². The Morgan fingerprint density at radius 2 is 1.92 bits per heavy atom. The molecule has 0 aliphatic carbocycles. The summed E-state index contributed by atoms with van der Waals surface area (Å²) < 4.78 is 0. The molecule has 1 aromatic heterocycles. The highest BCUT2D eigenvalue weighted by Crippen LogP contribution is 2.20. The average Bonchev–Trinajstić information content (AvgIpc) is 2.69. The van der Waals surface area contributed by atoms with Gasteiger partial charge in [0.05, 0.1) is 12.5 Å². The van der Waals surface area contributed by atoms with E-state index in [1.807, 2.05) is 43.3 Å². The molecule has 2 aromatic rings. The molecule has 1 N–H and O–H groups in total. The fraction of sp³-hybridized carbons (Fsp3) is 0.450. The van der Waals surface area contributed by atoms with Gasteiger partial charge in [-0.05, 0) is 37.3 Å². The SMILES string of the molecule is CC[C@@H](C(=O)NCc1nccc(N2CCCCC2)n1)c1ccccc1. The Balaban J connectivity index is 1.61. The molecule has 5 heteroatoms. The van der Waals surface area contributed by atoms with Crippen LogP contribution in [0.4, 0.5) is 5.82 Å². The Morgan fingerprint density at radius 3 is 2.64 bits per heavy atom. The van der Waals surface area contributed by atoms with Crippen LogP contribution in [0.25, 0.3) is 0 Å². The predicted molar refractivity (Wildman–Crippen MR) is 99.4 cm³/mol. The second kappa shape index (κ2) is 8.60. The molecule has 132 valence electrons. The number of nitrogens with zero attached hydrogens (tertiary/aromatic N) is 3. The molecule has 0 saturated carbocycles. The molecule has 1 fully saturated rings. The predicted octanol–water partition coefficient (Wildman–Crippen LogP) is 3.28. The smallest absolute Gasteiger partial charge is 0.227 e. The van der Waals surface area contributed by atoms with Crippen LogP contribution in [0.15, 0.2) is 42.6 Å². The van der Waals surface area contributed by atoms with E-state index in [2.05, 4.69) is 20.2 Å². The van der Waals surface area contributed by atoms with Gasteiger partial charge in [-0.25, -0.2) is 9.97 Å². The van der Waals surface area contributed by atoms with Crippen LogP contribution >= 0.6 is 0 Å². The van der Waals surface area contributed by atoms with Crippen LogP contribution < -0.4 is 10.2 Å². The van der Waals surface area contributed by atoms with E-state index in [1.54, 1.807) is 6.20 Å². The first-order chi connectivity index (χ1) is 12.3. The van der Waals surface area contributed by atoms with Crippen LogP contribution in [0.3, 0.4) is 0 Å². The number of anilines is 1. The van der Waals surface area contributed by atoms with Gasteiger partial charge in [0.2, 0.25) is 5.91 Å². The molecule has 1 saturated heterocycles. The molecule has 1 aliphatic rings. The highest BCUT2D eigenvalue weighted by atomic mass is 16.1. The van der Waals surface area contributed by atoms with Crippen molar-refractivity contribution in [1.29, 1.82) is 0 Å². The van der Waals surface area contributed by atoms with E-state index < -0.39 is 0 Å². The lowest BCUT2D eigenvalue weighted by Crippen LogP contribution is -2.32. The number of hydrogen-bond donors (Lipinski definition) is 1. The lowest BCUT2D eigenvalue weighted by atomic mass is 9.96. The Bertz CT molecular complexity index is 683. The van der Waals surface area contributed by atoms with Gasteiger partial charge in [-0.2, -0.15) is 0 Å². The topological polar surface area (TPSA) is 58.1 Å². The standard InChI is InChI=1S/C20H26N4O/c1-2-17(16-9-5-3-6-10-16)20(25)22-15-18-21-12-11-19(23-18)24-13-7-4-8-14-24/h3,5-6,9-12,17H,2,4,7-8,13-15H2,1H3,(H,22,25)/t17-/m1/s1.